The highest BCUT2D eigenvalue weighted by atomic mass is 16.4. The monoisotopic (exact) mass is 374 g/mol. The minimum atomic E-state index is 0.0962. The Morgan fingerprint density at radius 3 is 2.32 bits per heavy atom. The van der Waals surface area contributed by atoms with Gasteiger partial charge in [0.15, 0.2) is 5.84 Å². The van der Waals surface area contributed by atoms with E-state index >= 15 is 0 Å². The number of amidine groups is 1. The number of benzene rings is 3. The molecule has 0 amide bonds. The SMILES string of the molecule is CCCc1cc(/C(N)=N/O)c(-c2ccccc2CC)c(-c2ccc(O)cc2)c1. The maximum absolute atomic E-state index is 9.72. The highest BCUT2D eigenvalue weighted by Crippen LogP contribution is 2.38. The van der Waals surface area contributed by atoms with E-state index in [2.05, 4.69) is 37.2 Å². The molecule has 144 valence electrons. The van der Waals surface area contributed by atoms with Crippen molar-refractivity contribution < 1.29 is 10.3 Å². The third kappa shape index (κ3) is 3.86. The third-order valence-corrected chi connectivity index (χ3v) is 4.97. The lowest BCUT2D eigenvalue weighted by Crippen LogP contribution is -2.16. The first kappa shape index (κ1) is 19.5. The Balaban J connectivity index is 2.40. The van der Waals surface area contributed by atoms with Crippen LogP contribution in [0.1, 0.15) is 37.0 Å². The van der Waals surface area contributed by atoms with E-state index in [9.17, 15) is 10.3 Å². The largest absolute Gasteiger partial charge is 0.508 e. The summed E-state index contributed by atoms with van der Waals surface area (Å²) in [4.78, 5) is 0. The molecule has 28 heavy (non-hydrogen) atoms. The fourth-order valence-corrected chi connectivity index (χ4v) is 3.62. The number of phenolic OH excluding ortho intramolecular Hbond substituents is 1. The van der Waals surface area contributed by atoms with Crippen LogP contribution in [0, 0.1) is 0 Å². The lowest BCUT2D eigenvalue weighted by atomic mass is 9.85. The lowest BCUT2D eigenvalue weighted by molar-refractivity contribution is 0.318. The first-order valence-electron chi connectivity index (χ1n) is 9.61. The van der Waals surface area contributed by atoms with Crippen LogP contribution in [0.3, 0.4) is 0 Å². The Morgan fingerprint density at radius 1 is 0.964 bits per heavy atom. The van der Waals surface area contributed by atoms with Gasteiger partial charge < -0.3 is 16.0 Å². The molecule has 0 aromatic heterocycles. The normalized spacial score (nSPS) is 11.6. The van der Waals surface area contributed by atoms with Gasteiger partial charge in [0, 0.05) is 11.1 Å². The van der Waals surface area contributed by atoms with Crippen LogP contribution in [0.25, 0.3) is 22.3 Å². The maximum atomic E-state index is 9.72. The van der Waals surface area contributed by atoms with Gasteiger partial charge in [0.2, 0.25) is 0 Å². The van der Waals surface area contributed by atoms with Gasteiger partial charge in [-0.05, 0) is 58.9 Å². The highest BCUT2D eigenvalue weighted by Gasteiger charge is 2.19. The Morgan fingerprint density at radius 2 is 1.68 bits per heavy atom. The molecular formula is C24H26N2O2. The summed E-state index contributed by atoms with van der Waals surface area (Å²) >= 11 is 0. The van der Waals surface area contributed by atoms with E-state index in [4.69, 9.17) is 5.73 Å². The Hall–Kier alpha value is -3.27. The van der Waals surface area contributed by atoms with Crippen LogP contribution in [0.5, 0.6) is 5.75 Å². The number of oxime groups is 1. The third-order valence-electron chi connectivity index (χ3n) is 4.97. The molecule has 0 heterocycles. The molecule has 0 saturated carbocycles. The quantitative estimate of drug-likeness (QED) is 0.236. The Kier molecular flexibility index (Phi) is 5.99. The molecule has 0 spiro atoms. The minimum absolute atomic E-state index is 0.0962. The van der Waals surface area contributed by atoms with Gasteiger partial charge in [0.1, 0.15) is 5.75 Å². The molecule has 0 atom stereocenters. The second-order valence-corrected chi connectivity index (χ2v) is 6.86. The van der Waals surface area contributed by atoms with Crippen molar-refractivity contribution in [3.8, 4) is 28.0 Å². The number of rotatable bonds is 6. The Labute approximate surface area is 166 Å². The van der Waals surface area contributed by atoms with E-state index in [1.165, 1.54) is 5.56 Å². The summed E-state index contributed by atoms with van der Waals surface area (Å²) in [5.74, 6) is 0.319. The number of hydrogen-bond donors (Lipinski definition) is 3. The van der Waals surface area contributed by atoms with Gasteiger partial charge in [-0.25, -0.2) is 0 Å². The predicted molar refractivity (Wildman–Crippen MR) is 115 cm³/mol. The second-order valence-electron chi connectivity index (χ2n) is 6.86. The van der Waals surface area contributed by atoms with Crippen LogP contribution in [0.4, 0.5) is 0 Å². The van der Waals surface area contributed by atoms with Gasteiger partial charge in [-0.2, -0.15) is 0 Å². The van der Waals surface area contributed by atoms with Crippen molar-refractivity contribution in [3.05, 3.63) is 77.4 Å². The van der Waals surface area contributed by atoms with Gasteiger partial charge in [0.25, 0.3) is 0 Å². The van der Waals surface area contributed by atoms with Gasteiger partial charge in [-0.3, -0.25) is 0 Å². The number of aromatic hydroxyl groups is 1. The molecule has 0 unspecified atom stereocenters. The number of nitrogens with two attached hydrogens (primary N) is 1. The average Bonchev–Trinajstić information content (AvgIpc) is 2.73. The molecule has 0 radical (unpaired) electrons. The zero-order chi connectivity index (χ0) is 20.1. The minimum Gasteiger partial charge on any atom is -0.508 e. The molecule has 4 heteroatoms. The molecular weight excluding hydrogens is 348 g/mol. The van der Waals surface area contributed by atoms with Crippen molar-refractivity contribution in [1.82, 2.24) is 0 Å². The van der Waals surface area contributed by atoms with Gasteiger partial charge in [0.05, 0.1) is 0 Å². The summed E-state index contributed by atoms with van der Waals surface area (Å²) in [5, 5.41) is 22.5. The Bertz CT molecular complexity index is 992. The average molecular weight is 374 g/mol. The fourth-order valence-electron chi connectivity index (χ4n) is 3.62. The van der Waals surface area contributed by atoms with Gasteiger partial charge >= 0.3 is 0 Å². The topological polar surface area (TPSA) is 78.8 Å². The summed E-state index contributed by atoms with van der Waals surface area (Å²) in [6.45, 7) is 4.25. The van der Waals surface area contributed by atoms with E-state index in [0.29, 0.717) is 0 Å². The van der Waals surface area contributed by atoms with E-state index in [-0.39, 0.29) is 11.6 Å². The lowest BCUT2D eigenvalue weighted by Gasteiger charge is -2.19. The van der Waals surface area contributed by atoms with Crippen LogP contribution in [0.15, 0.2) is 65.8 Å². The van der Waals surface area contributed by atoms with Crippen molar-refractivity contribution >= 4 is 5.84 Å². The summed E-state index contributed by atoms with van der Waals surface area (Å²) in [7, 11) is 0. The summed E-state index contributed by atoms with van der Waals surface area (Å²) in [6, 6.07) is 19.6. The second kappa shape index (κ2) is 8.61. The van der Waals surface area contributed by atoms with Crippen LogP contribution >= 0.6 is 0 Å². The molecule has 0 aliphatic heterocycles. The highest BCUT2D eigenvalue weighted by molar-refractivity contribution is 6.07. The molecule has 3 aromatic rings. The summed E-state index contributed by atoms with van der Waals surface area (Å²) in [5.41, 5.74) is 13.2. The smallest absolute Gasteiger partial charge is 0.170 e. The van der Waals surface area contributed by atoms with Crippen molar-refractivity contribution in [2.24, 2.45) is 10.9 Å². The van der Waals surface area contributed by atoms with Crippen LogP contribution in [0.2, 0.25) is 0 Å². The fraction of sp³-hybridized carbons (Fsp3) is 0.208. The molecule has 3 rings (SSSR count). The number of phenols is 1. The molecule has 3 aromatic carbocycles. The zero-order valence-electron chi connectivity index (χ0n) is 16.3. The van der Waals surface area contributed by atoms with Crippen molar-refractivity contribution in [3.63, 3.8) is 0 Å². The summed E-state index contributed by atoms with van der Waals surface area (Å²) < 4.78 is 0. The number of nitrogens with zero attached hydrogens (tertiary/aromatic N) is 1. The predicted octanol–water partition coefficient (Wildman–Crippen LogP) is 5.34. The molecule has 4 nitrogen and oxygen atoms in total. The van der Waals surface area contributed by atoms with Gasteiger partial charge in [-0.15, -0.1) is 0 Å². The molecule has 4 N–H and O–H groups in total. The molecule has 0 saturated heterocycles. The van der Waals surface area contributed by atoms with Crippen LogP contribution < -0.4 is 5.73 Å². The van der Waals surface area contributed by atoms with Gasteiger partial charge in [-0.1, -0.05) is 67.9 Å². The first-order valence-corrected chi connectivity index (χ1v) is 9.61. The van der Waals surface area contributed by atoms with Crippen molar-refractivity contribution in [2.75, 3.05) is 0 Å². The molecule has 0 bridgehead atoms. The van der Waals surface area contributed by atoms with E-state index in [1.807, 2.05) is 30.3 Å². The van der Waals surface area contributed by atoms with Crippen molar-refractivity contribution in [2.45, 2.75) is 33.1 Å². The summed E-state index contributed by atoms with van der Waals surface area (Å²) in [6.07, 6.45) is 2.76. The maximum Gasteiger partial charge on any atom is 0.170 e. The molecule has 0 aliphatic carbocycles. The van der Waals surface area contributed by atoms with Crippen LogP contribution in [-0.4, -0.2) is 16.1 Å². The number of hydrogen-bond acceptors (Lipinski definition) is 3. The zero-order valence-corrected chi connectivity index (χ0v) is 16.3. The first-order chi connectivity index (χ1) is 13.6. The number of aryl methyl sites for hydroxylation is 2. The van der Waals surface area contributed by atoms with E-state index in [1.54, 1.807) is 12.1 Å². The standard InChI is InChI=1S/C24H26N2O2/c1-3-7-16-14-21(18-10-12-19(27)13-11-18)23(22(15-16)24(25)26-28)20-9-6-5-8-17(20)4-2/h5-6,8-15,27-28H,3-4,7H2,1-2H3,(H2,25,26). The van der Waals surface area contributed by atoms with E-state index in [0.717, 1.165) is 52.6 Å². The van der Waals surface area contributed by atoms with Crippen LogP contribution in [-0.2, 0) is 12.8 Å². The van der Waals surface area contributed by atoms with E-state index < -0.39 is 0 Å². The van der Waals surface area contributed by atoms with Crippen molar-refractivity contribution in [1.29, 1.82) is 0 Å². The molecule has 0 fully saturated rings. The molecule has 0 aliphatic rings.